The Morgan fingerprint density at radius 1 is 0.980 bits per heavy atom. The fraction of sp³-hybridized carbons (Fsp3) is 0.250. The van der Waals surface area contributed by atoms with Crippen molar-refractivity contribution in [2.75, 3.05) is 5.32 Å². The van der Waals surface area contributed by atoms with E-state index in [0.29, 0.717) is 41.1 Å². The van der Waals surface area contributed by atoms with Gasteiger partial charge in [-0.2, -0.15) is 36.5 Å². The average Bonchev–Trinajstić information content (AvgIpc) is 3.58. The number of carboxylic acids is 1. The molecule has 19 heteroatoms. The van der Waals surface area contributed by atoms with E-state index in [2.05, 4.69) is 30.8 Å². The number of hydrogen-bond acceptors (Lipinski definition) is 8. The molecule has 0 radical (unpaired) electrons. The molecule has 51 heavy (non-hydrogen) atoms. The van der Waals surface area contributed by atoms with Gasteiger partial charge >= 0.3 is 18.3 Å². The molecule has 2 atom stereocenters. The second-order valence-corrected chi connectivity index (χ2v) is 11.7. The lowest BCUT2D eigenvalue weighted by atomic mass is 9.93. The first-order valence-corrected chi connectivity index (χ1v) is 15.3. The number of anilines is 1. The van der Waals surface area contributed by atoms with Gasteiger partial charge in [-0.3, -0.25) is 14.2 Å². The number of carbonyl (C=O) groups excluding carboxylic acids is 1. The summed E-state index contributed by atoms with van der Waals surface area (Å²) in [5.74, 6) is -3.18. The molecule has 5 aromatic rings. The Hall–Kier alpha value is -5.65. The summed E-state index contributed by atoms with van der Waals surface area (Å²) in [6.45, 7) is 1.85. The number of carboxylic acid groups (broad SMARTS) is 1. The van der Waals surface area contributed by atoms with E-state index >= 15 is 0 Å². The highest BCUT2D eigenvalue weighted by Crippen LogP contribution is 2.34. The van der Waals surface area contributed by atoms with Crippen molar-refractivity contribution in [2.24, 2.45) is 5.92 Å². The Morgan fingerprint density at radius 3 is 2.37 bits per heavy atom. The first-order valence-electron chi connectivity index (χ1n) is 14.9. The van der Waals surface area contributed by atoms with Crippen LogP contribution >= 0.6 is 11.6 Å². The summed E-state index contributed by atoms with van der Waals surface area (Å²) in [7, 11) is 0. The maximum absolute atomic E-state index is 13.7. The molecule has 0 fully saturated rings. The summed E-state index contributed by atoms with van der Waals surface area (Å²) in [6, 6.07) is 13.0. The standard InChI is InChI=1S/C30H24ClF3N8O2.C2HF3O2/c1-17-4-2-7-25(19-6-3-5-18(10-19)22-13-36-37-14-24(22)38-29(17)44)41-16-35-23(12-28(41)43)21-11-20(31)8-9-26(21)42-15-27(39-40-42)30(32,33)34;3-2(4,5)1(6)7/h3,5-6,8-17,25H,2,4,7H2,1H3,(H,38,44);(H,6,7)/t17-,25+;/m1./s1. The topological polar surface area (TPSA) is 158 Å². The predicted molar refractivity (Wildman–Crippen MR) is 170 cm³/mol. The van der Waals surface area contributed by atoms with Crippen LogP contribution in [0.4, 0.5) is 32.0 Å². The lowest BCUT2D eigenvalue weighted by molar-refractivity contribution is -0.192. The number of amides is 1. The van der Waals surface area contributed by atoms with Gasteiger partial charge in [0.1, 0.15) is 0 Å². The molecule has 2 bridgehead atoms. The normalized spacial score (nSPS) is 16.4. The lowest BCUT2D eigenvalue weighted by Gasteiger charge is -2.23. The number of rotatable bonds is 3. The van der Waals surface area contributed by atoms with Gasteiger partial charge in [-0.1, -0.05) is 48.4 Å². The van der Waals surface area contributed by atoms with Crippen LogP contribution in [-0.2, 0) is 15.8 Å². The number of aliphatic carboxylic acids is 1. The number of carbonyl (C=O) groups is 2. The van der Waals surface area contributed by atoms with Gasteiger partial charge in [-0.25, -0.2) is 14.5 Å². The van der Waals surface area contributed by atoms with Crippen molar-refractivity contribution in [1.29, 1.82) is 0 Å². The van der Waals surface area contributed by atoms with Crippen molar-refractivity contribution >= 4 is 29.2 Å². The molecule has 2 aromatic carbocycles. The van der Waals surface area contributed by atoms with Crippen LogP contribution in [0.1, 0.15) is 43.5 Å². The first-order chi connectivity index (χ1) is 24.0. The van der Waals surface area contributed by atoms with Crippen LogP contribution in [0.3, 0.4) is 0 Å². The number of halogens is 7. The van der Waals surface area contributed by atoms with E-state index in [1.807, 2.05) is 31.2 Å². The fourth-order valence-corrected chi connectivity index (χ4v) is 5.42. The van der Waals surface area contributed by atoms with E-state index in [4.69, 9.17) is 21.5 Å². The van der Waals surface area contributed by atoms with Gasteiger partial charge in [0, 0.05) is 28.1 Å². The van der Waals surface area contributed by atoms with Crippen molar-refractivity contribution in [3.8, 4) is 28.1 Å². The zero-order valence-electron chi connectivity index (χ0n) is 26.2. The highest BCUT2D eigenvalue weighted by Gasteiger charge is 2.38. The van der Waals surface area contributed by atoms with Crippen LogP contribution in [0.2, 0.25) is 5.02 Å². The molecule has 0 unspecified atom stereocenters. The highest BCUT2D eigenvalue weighted by atomic mass is 35.5. The van der Waals surface area contributed by atoms with E-state index in [9.17, 15) is 35.9 Å². The SMILES string of the molecule is C[C@@H]1CCC[C@H](n2cnc(-c3cc(Cl)ccc3-n3cc(C(F)(F)F)nn3)cc2=O)c2cccc(c2)-c2cnncc2NC1=O.O=C(O)C(F)(F)F. The molecule has 12 nitrogen and oxygen atoms in total. The van der Waals surface area contributed by atoms with Gasteiger partial charge in [-0.15, -0.1) is 5.10 Å². The molecule has 1 aliphatic rings. The molecule has 266 valence electrons. The molecule has 0 saturated carbocycles. The number of aromatic nitrogens is 7. The minimum Gasteiger partial charge on any atom is -0.475 e. The third kappa shape index (κ3) is 8.57. The van der Waals surface area contributed by atoms with Gasteiger partial charge < -0.3 is 10.4 Å². The van der Waals surface area contributed by atoms with Crippen molar-refractivity contribution in [3.63, 3.8) is 0 Å². The summed E-state index contributed by atoms with van der Waals surface area (Å²) in [5, 5.41) is 25.2. The quantitative estimate of drug-likeness (QED) is 0.195. The first kappa shape index (κ1) is 36.6. The van der Waals surface area contributed by atoms with Crippen molar-refractivity contribution < 1.29 is 41.0 Å². The van der Waals surface area contributed by atoms with Gasteiger partial charge in [-0.05, 0) is 48.2 Å². The summed E-state index contributed by atoms with van der Waals surface area (Å²) in [4.78, 5) is 40.0. The maximum Gasteiger partial charge on any atom is 0.490 e. The zero-order valence-corrected chi connectivity index (χ0v) is 26.9. The van der Waals surface area contributed by atoms with Crippen LogP contribution in [0.5, 0.6) is 0 Å². The number of hydrogen-bond donors (Lipinski definition) is 2. The third-order valence-corrected chi connectivity index (χ3v) is 8.05. The third-order valence-electron chi connectivity index (χ3n) is 7.81. The molecule has 0 aliphatic carbocycles. The average molecular weight is 735 g/mol. The molecule has 0 saturated heterocycles. The van der Waals surface area contributed by atoms with E-state index in [-0.39, 0.29) is 28.8 Å². The molecule has 1 aliphatic heterocycles. The highest BCUT2D eigenvalue weighted by molar-refractivity contribution is 6.31. The number of benzene rings is 2. The molecular weight excluding hydrogens is 710 g/mol. The molecule has 1 amide bonds. The Morgan fingerprint density at radius 2 is 1.71 bits per heavy atom. The van der Waals surface area contributed by atoms with Crippen LogP contribution in [-0.4, -0.2) is 57.9 Å². The van der Waals surface area contributed by atoms with E-state index in [1.165, 1.54) is 41.4 Å². The van der Waals surface area contributed by atoms with Crippen molar-refractivity contribution in [3.05, 3.63) is 100 Å². The molecule has 6 rings (SSSR count). The minimum atomic E-state index is -5.08. The monoisotopic (exact) mass is 734 g/mol. The Balaban J connectivity index is 0.000000654. The van der Waals surface area contributed by atoms with Gasteiger partial charge in [0.05, 0.1) is 48.0 Å². The van der Waals surface area contributed by atoms with Crippen LogP contribution in [0.25, 0.3) is 28.1 Å². The summed E-state index contributed by atoms with van der Waals surface area (Å²) >= 11 is 6.23. The second kappa shape index (κ2) is 14.7. The Kier molecular flexibility index (Phi) is 10.5. The molecule has 2 N–H and O–H groups in total. The second-order valence-electron chi connectivity index (χ2n) is 11.3. The van der Waals surface area contributed by atoms with Gasteiger partial charge in [0.2, 0.25) is 5.91 Å². The number of nitrogens with zero attached hydrogens (tertiary/aromatic N) is 7. The number of alkyl halides is 6. The molecule has 3 aromatic heterocycles. The Bertz CT molecular complexity index is 2140. The van der Waals surface area contributed by atoms with Crippen LogP contribution in [0, 0.1) is 5.92 Å². The number of nitrogens with one attached hydrogen (secondary N) is 1. The number of fused-ring (bicyclic) bond motifs is 4. The van der Waals surface area contributed by atoms with E-state index in [1.54, 1.807) is 6.20 Å². The van der Waals surface area contributed by atoms with Gasteiger partial charge in [0.15, 0.2) is 5.69 Å². The summed E-state index contributed by atoms with van der Waals surface area (Å²) in [5.41, 5.74) is 2.06. The lowest BCUT2D eigenvalue weighted by Crippen LogP contribution is -2.26. The van der Waals surface area contributed by atoms with Crippen molar-refractivity contribution in [1.82, 2.24) is 34.7 Å². The van der Waals surface area contributed by atoms with E-state index < -0.39 is 30.1 Å². The molecular formula is C32H25ClF6N8O4. The minimum absolute atomic E-state index is 0.136. The van der Waals surface area contributed by atoms with Crippen LogP contribution < -0.4 is 10.9 Å². The smallest absolute Gasteiger partial charge is 0.475 e. The van der Waals surface area contributed by atoms with Gasteiger partial charge in [0.25, 0.3) is 5.56 Å². The van der Waals surface area contributed by atoms with E-state index in [0.717, 1.165) is 22.0 Å². The van der Waals surface area contributed by atoms with Crippen molar-refractivity contribution in [2.45, 2.75) is 44.6 Å². The summed E-state index contributed by atoms with van der Waals surface area (Å²) in [6.07, 6.45) is -2.71. The molecule has 0 spiro atoms. The molecule has 4 heterocycles. The maximum atomic E-state index is 13.7. The zero-order chi connectivity index (χ0) is 37.1. The summed E-state index contributed by atoms with van der Waals surface area (Å²) < 4.78 is 73.8. The largest absolute Gasteiger partial charge is 0.490 e. The predicted octanol–water partition coefficient (Wildman–Crippen LogP) is 6.60. The van der Waals surface area contributed by atoms with Crippen LogP contribution in [0.15, 0.2) is 78.2 Å². The Labute approximate surface area is 288 Å². The fourth-order valence-electron chi connectivity index (χ4n) is 5.25.